The lowest BCUT2D eigenvalue weighted by Gasteiger charge is -2.32. The average Bonchev–Trinajstić information content (AvgIpc) is 2.98. The second-order valence-electron chi connectivity index (χ2n) is 7.89. The number of hydrogen-bond donors (Lipinski definition) is 2. The van der Waals surface area contributed by atoms with E-state index in [2.05, 4.69) is 16.8 Å². The number of aryl methyl sites for hydroxylation is 2. The standard InChI is InChI=1S/C26H27N3O2/c1-19-14-16-22(17-15-19)27-18-25(30)28-29-23-12-6-5-8-20(23)11-7-13-24(29)26(31)21-9-3-2-4-10-21/h2-6,8-10,12,14-17,24,27H,7,11,13,18H2,1H3,(H,28,30). The fourth-order valence-corrected chi connectivity index (χ4v) is 3.95. The summed E-state index contributed by atoms with van der Waals surface area (Å²) in [6.45, 7) is 2.14. The molecule has 3 aromatic carbocycles. The van der Waals surface area contributed by atoms with Gasteiger partial charge in [-0.05, 0) is 49.9 Å². The third kappa shape index (κ3) is 4.94. The maximum atomic E-state index is 13.4. The summed E-state index contributed by atoms with van der Waals surface area (Å²) in [5, 5.41) is 4.93. The van der Waals surface area contributed by atoms with Gasteiger partial charge in [-0.15, -0.1) is 0 Å². The summed E-state index contributed by atoms with van der Waals surface area (Å²) in [4.78, 5) is 26.2. The van der Waals surface area contributed by atoms with Crippen molar-refractivity contribution in [3.05, 3.63) is 95.6 Å². The normalized spacial score (nSPS) is 15.5. The molecule has 1 aliphatic heterocycles. The summed E-state index contributed by atoms with van der Waals surface area (Å²) in [5.41, 5.74) is 7.74. The molecule has 1 heterocycles. The summed E-state index contributed by atoms with van der Waals surface area (Å²) in [7, 11) is 0. The van der Waals surface area contributed by atoms with Crippen molar-refractivity contribution in [2.75, 3.05) is 16.9 Å². The lowest BCUT2D eigenvalue weighted by molar-refractivity contribution is -0.119. The first-order valence-electron chi connectivity index (χ1n) is 10.7. The van der Waals surface area contributed by atoms with Crippen molar-refractivity contribution in [1.82, 2.24) is 5.43 Å². The number of amides is 1. The number of para-hydroxylation sites is 1. The van der Waals surface area contributed by atoms with E-state index in [0.717, 1.165) is 29.8 Å². The van der Waals surface area contributed by atoms with Crippen LogP contribution in [-0.2, 0) is 11.2 Å². The van der Waals surface area contributed by atoms with E-state index in [4.69, 9.17) is 0 Å². The monoisotopic (exact) mass is 413 g/mol. The van der Waals surface area contributed by atoms with Crippen LogP contribution < -0.4 is 15.8 Å². The molecule has 158 valence electrons. The van der Waals surface area contributed by atoms with E-state index >= 15 is 0 Å². The third-order valence-electron chi connectivity index (χ3n) is 5.60. The Balaban J connectivity index is 1.56. The number of hydrazine groups is 1. The first kappa shape index (κ1) is 20.7. The van der Waals surface area contributed by atoms with Crippen LogP contribution in [0.25, 0.3) is 0 Å². The Kier molecular flexibility index (Phi) is 6.32. The molecule has 0 saturated carbocycles. The molecule has 1 atom stereocenters. The number of carbonyl (C=O) groups excluding carboxylic acids is 2. The zero-order valence-electron chi connectivity index (χ0n) is 17.7. The van der Waals surface area contributed by atoms with Crippen molar-refractivity contribution >= 4 is 23.1 Å². The van der Waals surface area contributed by atoms with Gasteiger partial charge in [-0.2, -0.15) is 0 Å². The molecular formula is C26H27N3O2. The van der Waals surface area contributed by atoms with Gasteiger partial charge < -0.3 is 5.32 Å². The summed E-state index contributed by atoms with van der Waals surface area (Å²) in [5.74, 6) is -0.174. The minimum atomic E-state index is -0.450. The number of nitrogens with zero attached hydrogens (tertiary/aromatic N) is 1. The third-order valence-corrected chi connectivity index (χ3v) is 5.60. The molecule has 3 aromatic rings. The van der Waals surface area contributed by atoms with Crippen LogP contribution in [0, 0.1) is 6.92 Å². The Bertz CT molecular complexity index is 1050. The van der Waals surface area contributed by atoms with Crippen LogP contribution in [0.1, 0.15) is 34.3 Å². The predicted octanol–water partition coefficient (Wildman–Crippen LogP) is 4.53. The number of carbonyl (C=O) groups is 2. The molecule has 1 aliphatic rings. The van der Waals surface area contributed by atoms with Crippen LogP contribution in [0.2, 0.25) is 0 Å². The molecule has 31 heavy (non-hydrogen) atoms. The number of ketones is 1. The Hall–Kier alpha value is -3.60. The van der Waals surface area contributed by atoms with E-state index in [0.29, 0.717) is 12.0 Å². The van der Waals surface area contributed by atoms with Crippen LogP contribution in [-0.4, -0.2) is 24.3 Å². The Morgan fingerprint density at radius 2 is 1.65 bits per heavy atom. The maximum absolute atomic E-state index is 13.4. The molecule has 5 heteroatoms. The quantitative estimate of drug-likeness (QED) is 0.583. The number of hydrogen-bond acceptors (Lipinski definition) is 4. The minimum Gasteiger partial charge on any atom is -0.376 e. The molecule has 0 radical (unpaired) electrons. The first-order chi connectivity index (χ1) is 15.1. The van der Waals surface area contributed by atoms with Gasteiger partial charge in [0, 0.05) is 11.3 Å². The number of rotatable bonds is 6. The predicted molar refractivity (Wildman–Crippen MR) is 124 cm³/mol. The highest BCUT2D eigenvalue weighted by Gasteiger charge is 2.31. The lowest BCUT2D eigenvalue weighted by Crippen LogP contribution is -2.53. The molecule has 5 nitrogen and oxygen atoms in total. The van der Waals surface area contributed by atoms with Crippen molar-refractivity contribution in [2.45, 2.75) is 32.2 Å². The second kappa shape index (κ2) is 9.47. The molecule has 0 bridgehead atoms. The van der Waals surface area contributed by atoms with Crippen molar-refractivity contribution in [3.63, 3.8) is 0 Å². The van der Waals surface area contributed by atoms with Gasteiger partial charge in [0.1, 0.15) is 6.04 Å². The Morgan fingerprint density at radius 3 is 2.42 bits per heavy atom. The van der Waals surface area contributed by atoms with Crippen molar-refractivity contribution in [1.29, 1.82) is 0 Å². The van der Waals surface area contributed by atoms with E-state index in [1.54, 1.807) is 5.01 Å². The van der Waals surface area contributed by atoms with Gasteiger partial charge in [-0.25, -0.2) is 0 Å². The van der Waals surface area contributed by atoms with Crippen LogP contribution in [0.5, 0.6) is 0 Å². The lowest BCUT2D eigenvalue weighted by atomic mass is 9.99. The van der Waals surface area contributed by atoms with Gasteiger partial charge in [0.15, 0.2) is 5.78 Å². The molecule has 2 N–H and O–H groups in total. The van der Waals surface area contributed by atoms with E-state index in [1.165, 1.54) is 5.56 Å². The van der Waals surface area contributed by atoms with E-state index in [9.17, 15) is 9.59 Å². The van der Waals surface area contributed by atoms with Crippen molar-refractivity contribution in [3.8, 4) is 0 Å². The zero-order valence-corrected chi connectivity index (χ0v) is 17.7. The fourth-order valence-electron chi connectivity index (χ4n) is 3.95. The molecule has 0 fully saturated rings. The average molecular weight is 414 g/mol. The second-order valence-corrected chi connectivity index (χ2v) is 7.89. The topological polar surface area (TPSA) is 61.4 Å². The highest BCUT2D eigenvalue weighted by atomic mass is 16.2. The van der Waals surface area contributed by atoms with Crippen molar-refractivity contribution < 1.29 is 9.59 Å². The van der Waals surface area contributed by atoms with E-state index in [1.807, 2.05) is 79.7 Å². The van der Waals surface area contributed by atoms with Gasteiger partial charge in [0.25, 0.3) is 5.91 Å². The van der Waals surface area contributed by atoms with Gasteiger partial charge in [0.05, 0.1) is 12.2 Å². The van der Waals surface area contributed by atoms with Crippen LogP contribution in [0.15, 0.2) is 78.9 Å². The number of nitrogens with one attached hydrogen (secondary N) is 2. The largest absolute Gasteiger partial charge is 0.376 e. The van der Waals surface area contributed by atoms with E-state index < -0.39 is 6.04 Å². The van der Waals surface area contributed by atoms with E-state index in [-0.39, 0.29) is 18.2 Å². The highest BCUT2D eigenvalue weighted by Crippen LogP contribution is 2.29. The molecular weight excluding hydrogens is 386 g/mol. The van der Waals surface area contributed by atoms with Gasteiger partial charge in [-0.3, -0.25) is 20.0 Å². The number of benzene rings is 3. The smallest absolute Gasteiger partial charge is 0.257 e. The Labute approximate surface area is 183 Å². The molecule has 1 amide bonds. The number of anilines is 2. The van der Waals surface area contributed by atoms with Gasteiger partial charge >= 0.3 is 0 Å². The molecule has 0 aliphatic carbocycles. The van der Waals surface area contributed by atoms with Crippen LogP contribution in [0.4, 0.5) is 11.4 Å². The molecule has 4 rings (SSSR count). The number of Topliss-reactive ketones (excluding diaryl/α,β-unsaturated/α-hetero) is 1. The Morgan fingerprint density at radius 1 is 0.935 bits per heavy atom. The summed E-state index contributed by atoms with van der Waals surface area (Å²) in [6, 6.07) is 24.7. The highest BCUT2D eigenvalue weighted by molar-refractivity contribution is 6.02. The maximum Gasteiger partial charge on any atom is 0.257 e. The molecule has 1 unspecified atom stereocenters. The van der Waals surface area contributed by atoms with Crippen LogP contribution in [0.3, 0.4) is 0 Å². The fraction of sp³-hybridized carbons (Fsp3) is 0.231. The molecule has 0 aromatic heterocycles. The molecule has 0 spiro atoms. The minimum absolute atomic E-state index is 0.0177. The van der Waals surface area contributed by atoms with Gasteiger partial charge in [-0.1, -0.05) is 66.2 Å². The zero-order chi connectivity index (χ0) is 21.6. The summed E-state index contributed by atoms with van der Waals surface area (Å²) >= 11 is 0. The van der Waals surface area contributed by atoms with Crippen molar-refractivity contribution in [2.24, 2.45) is 0 Å². The number of fused-ring (bicyclic) bond motifs is 1. The summed E-state index contributed by atoms with van der Waals surface area (Å²) < 4.78 is 0. The summed E-state index contributed by atoms with van der Waals surface area (Å²) in [6.07, 6.45) is 2.44. The SMILES string of the molecule is Cc1ccc(NCC(=O)NN2c3ccccc3CCCC2C(=O)c2ccccc2)cc1. The van der Waals surface area contributed by atoms with Gasteiger partial charge in [0.2, 0.25) is 0 Å². The first-order valence-corrected chi connectivity index (χ1v) is 10.7. The molecule has 0 saturated heterocycles. The van der Waals surface area contributed by atoms with Crippen LogP contribution >= 0.6 is 0 Å².